The minimum absolute atomic E-state index is 0.00171. The zero-order chi connectivity index (χ0) is 10.6. The minimum atomic E-state index is -3.06. The maximum absolute atomic E-state index is 13.1. The van der Waals surface area contributed by atoms with E-state index in [1.54, 1.807) is 13.8 Å². The normalized spacial score (nSPS) is 12.1. The summed E-state index contributed by atoms with van der Waals surface area (Å²) in [6.45, 7) is 3.28. The molecule has 1 rings (SSSR count). The standard InChI is InChI=1S/C7H10F2N4S/c1-5(2)13-7(8,9)14-6-11-3-10-4-12-6/h3-5,13H,1-2H3. The molecule has 1 N–H and O–H groups in total. The summed E-state index contributed by atoms with van der Waals surface area (Å²) in [5.41, 5.74) is 0. The van der Waals surface area contributed by atoms with E-state index >= 15 is 0 Å². The van der Waals surface area contributed by atoms with Gasteiger partial charge in [-0.1, -0.05) is 0 Å². The number of halogens is 2. The van der Waals surface area contributed by atoms with E-state index in [9.17, 15) is 8.78 Å². The lowest BCUT2D eigenvalue weighted by Gasteiger charge is -2.18. The fourth-order valence-corrected chi connectivity index (χ4v) is 1.49. The van der Waals surface area contributed by atoms with E-state index in [-0.39, 0.29) is 23.0 Å². The van der Waals surface area contributed by atoms with Crippen LogP contribution in [0.1, 0.15) is 13.8 Å². The van der Waals surface area contributed by atoms with E-state index in [0.717, 1.165) is 0 Å². The average molecular weight is 220 g/mol. The van der Waals surface area contributed by atoms with Gasteiger partial charge in [0.15, 0.2) is 5.16 Å². The Morgan fingerprint density at radius 3 is 2.43 bits per heavy atom. The zero-order valence-electron chi connectivity index (χ0n) is 7.74. The minimum Gasteiger partial charge on any atom is -0.246 e. The molecule has 0 bridgehead atoms. The van der Waals surface area contributed by atoms with Crippen LogP contribution in [-0.4, -0.2) is 26.4 Å². The van der Waals surface area contributed by atoms with Gasteiger partial charge in [-0.25, -0.2) is 20.3 Å². The first-order valence-corrected chi connectivity index (χ1v) is 4.78. The zero-order valence-corrected chi connectivity index (χ0v) is 8.55. The van der Waals surface area contributed by atoms with Crippen molar-refractivity contribution in [3.8, 4) is 0 Å². The lowest BCUT2D eigenvalue weighted by Crippen LogP contribution is -2.38. The Hall–Kier alpha value is -0.820. The SMILES string of the molecule is CC(C)NC(F)(F)Sc1ncncn1. The van der Waals surface area contributed by atoms with Crippen molar-refractivity contribution in [2.24, 2.45) is 0 Å². The third-order valence-corrected chi connectivity index (χ3v) is 1.91. The maximum Gasteiger partial charge on any atom is 0.360 e. The van der Waals surface area contributed by atoms with Crippen LogP contribution in [0.5, 0.6) is 0 Å². The van der Waals surface area contributed by atoms with Crippen LogP contribution in [0.15, 0.2) is 17.8 Å². The smallest absolute Gasteiger partial charge is 0.246 e. The van der Waals surface area contributed by atoms with Crippen molar-refractivity contribution in [3.05, 3.63) is 12.7 Å². The van der Waals surface area contributed by atoms with Crippen LogP contribution in [0.2, 0.25) is 0 Å². The first-order valence-electron chi connectivity index (χ1n) is 3.96. The summed E-state index contributed by atoms with van der Waals surface area (Å²) in [7, 11) is 0. The highest BCUT2D eigenvalue weighted by Gasteiger charge is 2.32. The van der Waals surface area contributed by atoms with Crippen molar-refractivity contribution in [3.63, 3.8) is 0 Å². The van der Waals surface area contributed by atoms with Gasteiger partial charge in [0.1, 0.15) is 12.7 Å². The van der Waals surface area contributed by atoms with Gasteiger partial charge in [0.25, 0.3) is 0 Å². The van der Waals surface area contributed by atoms with Crippen LogP contribution in [0.4, 0.5) is 8.78 Å². The van der Waals surface area contributed by atoms with Crippen LogP contribution in [-0.2, 0) is 0 Å². The van der Waals surface area contributed by atoms with Crippen molar-refractivity contribution >= 4 is 11.8 Å². The molecule has 0 atom stereocenters. The van der Waals surface area contributed by atoms with E-state index in [2.05, 4.69) is 20.3 Å². The van der Waals surface area contributed by atoms with Crippen LogP contribution in [0, 0.1) is 0 Å². The molecule has 0 radical (unpaired) electrons. The second-order valence-electron chi connectivity index (χ2n) is 2.84. The van der Waals surface area contributed by atoms with E-state index in [4.69, 9.17) is 0 Å². The summed E-state index contributed by atoms with van der Waals surface area (Å²) in [5, 5.41) is -0.965. The van der Waals surface area contributed by atoms with E-state index in [1.165, 1.54) is 12.7 Å². The molecule has 0 saturated carbocycles. The third-order valence-electron chi connectivity index (χ3n) is 1.15. The Morgan fingerprint density at radius 2 is 1.93 bits per heavy atom. The molecule has 78 valence electrons. The van der Waals surface area contributed by atoms with Crippen LogP contribution in [0.25, 0.3) is 0 Å². The third kappa shape index (κ3) is 3.93. The molecule has 0 fully saturated rings. The van der Waals surface area contributed by atoms with Gasteiger partial charge in [-0.15, -0.1) is 0 Å². The number of alkyl halides is 2. The molecular formula is C7H10F2N4S. The molecule has 14 heavy (non-hydrogen) atoms. The highest BCUT2D eigenvalue weighted by atomic mass is 32.2. The number of hydrogen-bond acceptors (Lipinski definition) is 5. The van der Waals surface area contributed by atoms with Crippen molar-refractivity contribution < 1.29 is 8.78 Å². The molecule has 0 aliphatic carbocycles. The van der Waals surface area contributed by atoms with E-state index in [0.29, 0.717) is 0 Å². The fourth-order valence-electron chi connectivity index (χ4n) is 0.761. The molecule has 0 aromatic carbocycles. The summed E-state index contributed by atoms with van der Waals surface area (Å²) < 4.78 is 26.2. The van der Waals surface area contributed by atoms with Gasteiger partial charge in [0.2, 0.25) is 0 Å². The molecule has 0 unspecified atom stereocenters. The monoisotopic (exact) mass is 220 g/mol. The number of thioether (sulfide) groups is 1. The molecule has 7 heteroatoms. The van der Waals surface area contributed by atoms with Gasteiger partial charge in [0.05, 0.1) is 0 Å². The highest BCUT2D eigenvalue weighted by Crippen LogP contribution is 2.30. The predicted molar refractivity (Wildman–Crippen MR) is 48.9 cm³/mol. The molecule has 1 aromatic rings. The molecule has 4 nitrogen and oxygen atoms in total. The molecule has 1 aromatic heterocycles. The van der Waals surface area contributed by atoms with Gasteiger partial charge < -0.3 is 0 Å². The fraction of sp³-hybridized carbons (Fsp3) is 0.571. The summed E-state index contributed by atoms with van der Waals surface area (Å²) >= 11 is 0.268. The number of nitrogens with one attached hydrogen (secondary N) is 1. The second kappa shape index (κ2) is 4.61. The largest absolute Gasteiger partial charge is 0.360 e. The van der Waals surface area contributed by atoms with E-state index < -0.39 is 5.38 Å². The average Bonchev–Trinajstić information content (AvgIpc) is 2.02. The molecule has 0 amide bonds. The highest BCUT2D eigenvalue weighted by molar-refractivity contribution is 8.00. The first kappa shape index (κ1) is 11.3. The number of nitrogens with zero attached hydrogens (tertiary/aromatic N) is 3. The second-order valence-corrected chi connectivity index (χ2v) is 3.92. The summed E-state index contributed by atoms with van der Waals surface area (Å²) in [4.78, 5) is 10.7. The maximum atomic E-state index is 13.1. The lowest BCUT2D eigenvalue weighted by molar-refractivity contribution is 0.0569. The Balaban J connectivity index is 2.59. The van der Waals surface area contributed by atoms with Gasteiger partial charge in [-0.05, 0) is 13.8 Å². The van der Waals surface area contributed by atoms with Gasteiger partial charge in [-0.3, -0.25) is 0 Å². The molecule has 0 aliphatic rings. The molecule has 0 spiro atoms. The van der Waals surface area contributed by atoms with Crippen LogP contribution >= 0.6 is 11.8 Å². The quantitative estimate of drug-likeness (QED) is 0.473. The van der Waals surface area contributed by atoms with Gasteiger partial charge in [0, 0.05) is 17.8 Å². The van der Waals surface area contributed by atoms with Crippen molar-refractivity contribution in [2.75, 3.05) is 0 Å². The number of rotatable bonds is 4. The Bertz CT molecular complexity index is 280. The Morgan fingerprint density at radius 1 is 1.36 bits per heavy atom. The number of hydrogen-bond donors (Lipinski definition) is 1. The van der Waals surface area contributed by atoms with Crippen molar-refractivity contribution in [2.45, 2.75) is 30.4 Å². The Labute approximate surface area is 84.6 Å². The van der Waals surface area contributed by atoms with Gasteiger partial charge >= 0.3 is 5.38 Å². The predicted octanol–water partition coefficient (Wildman–Crippen LogP) is 1.51. The lowest BCUT2D eigenvalue weighted by atomic mass is 10.4. The van der Waals surface area contributed by atoms with Crippen molar-refractivity contribution in [1.82, 2.24) is 20.3 Å². The summed E-state index contributed by atoms with van der Waals surface area (Å²) in [6, 6.07) is -0.306. The summed E-state index contributed by atoms with van der Waals surface area (Å²) in [5.74, 6) is 0. The molecule has 0 saturated heterocycles. The summed E-state index contributed by atoms with van der Waals surface area (Å²) in [6.07, 6.45) is 2.36. The van der Waals surface area contributed by atoms with E-state index in [1.807, 2.05) is 0 Å². The molecule has 1 heterocycles. The molecule has 0 aliphatic heterocycles. The number of aromatic nitrogens is 3. The molecular weight excluding hydrogens is 210 g/mol. The first-order chi connectivity index (χ1) is 6.49. The Kier molecular flexibility index (Phi) is 3.70. The topological polar surface area (TPSA) is 50.7 Å². The van der Waals surface area contributed by atoms with Gasteiger partial charge in [-0.2, -0.15) is 8.78 Å². The van der Waals surface area contributed by atoms with Crippen LogP contribution < -0.4 is 5.32 Å². The van der Waals surface area contributed by atoms with Crippen molar-refractivity contribution in [1.29, 1.82) is 0 Å². The van der Waals surface area contributed by atoms with Crippen LogP contribution in [0.3, 0.4) is 0 Å².